The number of carbonyl (C=O) groups excluding carboxylic acids is 1. The lowest BCUT2D eigenvalue weighted by atomic mass is 10.0. The molecule has 6 heteroatoms. The van der Waals surface area contributed by atoms with Gasteiger partial charge in [-0.2, -0.15) is 13.2 Å². The molecule has 1 aliphatic heterocycles. The minimum atomic E-state index is -4.38. The summed E-state index contributed by atoms with van der Waals surface area (Å²) < 4.78 is 38.3. The van der Waals surface area contributed by atoms with Crippen molar-refractivity contribution in [1.82, 2.24) is 10.2 Å². The molecule has 1 saturated heterocycles. The van der Waals surface area contributed by atoms with Crippen molar-refractivity contribution in [2.75, 3.05) is 26.7 Å². The van der Waals surface area contributed by atoms with E-state index in [0.717, 1.165) is 25.1 Å². The van der Waals surface area contributed by atoms with Crippen LogP contribution in [0, 0.1) is 5.92 Å². The molecule has 1 aromatic rings. The molecule has 0 bridgehead atoms. The van der Waals surface area contributed by atoms with Gasteiger partial charge in [-0.15, -0.1) is 0 Å². The van der Waals surface area contributed by atoms with E-state index < -0.39 is 11.7 Å². The van der Waals surface area contributed by atoms with Crippen LogP contribution in [0.4, 0.5) is 13.2 Å². The third-order valence-corrected chi connectivity index (χ3v) is 4.08. The minimum absolute atomic E-state index is 0.140. The van der Waals surface area contributed by atoms with Crippen LogP contribution in [-0.2, 0) is 11.0 Å². The molecule has 1 amide bonds. The van der Waals surface area contributed by atoms with E-state index in [9.17, 15) is 18.0 Å². The standard InChI is InChI=1S/C17H21F3N2O/c1-12(14-4-3-5-15(9-14)17(18,19)20)8-16(23)22-7-6-13(11-22)10-21-2/h3-5,8-9,13,21H,6-7,10-11H2,1-2H3/b12-8-. The van der Waals surface area contributed by atoms with Gasteiger partial charge < -0.3 is 10.2 Å². The lowest BCUT2D eigenvalue weighted by Gasteiger charge is -2.15. The zero-order chi connectivity index (χ0) is 17.0. The van der Waals surface area contributed by atoms with Crippen molar-refractivity contribution in [2.24, 2.45) is 5.92 Å². The van der Waals surface area contributed by atoms with Crippen LogP contribution in [0.1, 0.15) is 24.5 Å². The Morgan fingerprint density at radius 2 is 2.17 bits per heavy atom. The number of nitrogens with one attached hydrogen (secondary N) is 1. The molecule has 0 radical (unpaired) electrons. The number of allylic oxidation sites excluding steroid dienone is 1. The van der Waals surface area contributed by atoms with Crippen LogP contribution < -0.4 is 5.32 Å². The van der Waals surface area contributed by atoms with E-state index in [1.165, 1.54) is 12.1 Å². The van der Waals surface area contributed by atoms with Gasteiger partial charge in [0.05, 0.1) is 5.56 Å². The van der Waals surface area contributed by atoms with Gasteiger partial charge in [0.15, 0.2) is 0 Å². The van der Waals surface area contributed by atoms with E-state index >= 15 is 0 Å². The zero-order valence-electron chi connectivity index (χ0n) is 13.3. The van der Waals surface area contributed by atoms with Crippen LogP contribution >= 0.6 is 0 Å². The highest BCUT2D eigenvalue weighted by molar-refractivity contribution is 5.95. The van der Waals surface area contributed by atoms with E-state index in [1.54, 1.807) is 17.9 Å². The third-order valence-electron chi connectivity index (χ3n) is 4.08. The molecule has 1 atom stereocenters. The van der Waals surface area contributed by atoms with Crippen molar-refractivity contribution in [1.29, 1.82) is 0 Å². The van der Waals surface area contributed by atoms with E-state index in [2.05, 4.69) is 5.32 Å². The van der Waals surface area contributed by atoms with Gasteiger partial charge in [-0.05, 0) is 56.1 Å². The van der Waals surface area contributed by atoms with Crippen LogP contribution in [-0.4, -0.2) is 37.5 Å². The molecule has 0 saturated carbocycles. The first kappa shape index (κ1) is 17.5. The van der Waals surface area contributed by atoms with Crippen molar-refractivity contribution in [3.63, 3.8) is 0 Å². The summed E-state index contributed by atoms with van der Waals surface area (Å²) in [7, 11) is 1.88. The van der Waals surface area contributed by atoms with E-state index in [1.807, 2.05) is 7.05 Å². The smallest absolute Gasteiger partial charge is 0.339 e. The number of hydrogen-bond acceptors (Lipinski definition) is 2. The number of rotatable bonds is 4. The summed E-state index contributed by atoms with van der Waals surface area (Å²) in [5, 5.41) is 3.10. The van der Waals surface area contributed by atoms with Crippen molar-refractivity contribution in [3.8, 4) is 0 Å². The van der Waals surface area contributed by atoms with Crippen molar-refractivity contribution >= 4 is 11.5 Å². The first-order chi connectivity index (χ1) is 10.8. The van der Waals surface area contributed by atoms with Gasteiger partial charge in [-0.1, -0.05) is 12.1 Å². The second-order valence-electron chi connectivity index (χ2n) is 5.90. The maximum absolute atomic E-state index is 12.8. The monoisotopic (exact) mass is 326 g/mol. The van der Waals surface area contributed by atoms with Gasteiger partial charge in [-0.3, -0.25) is 4.79 Å². The van der Waals surface area contributed by atoms with Gasteiger partial charge >= 0.3 is 6.18 Å². The summed E-state index contributed by atoms with van der Waals surface area (Å²) in [6, 6.07) is 5.05. The third kappa shape index (κ3) is 4.58. The molecule has 1 fully saturated rings. The van der Waals surface area contributed by atoms with E-state index in [4.69, 9.17) is 0 Å². The van der Waals surface area contributed by atoms with Gasteiger partial charge in [0.1, 0.15) is 0 Å². The largest absolute Gasteiger partial charge is 0.416 e. The Labute approximate surface area is 134 Å². The molecule has 1 aromatic carbocycles. The van der Waals surface area contributed by atoms with E-state index in [-0.39, 0.29) is 5.91 Å². The SMILES string of the molecule is CNCC1CCN(C(=O)/C=C(/C)c2cccc(C(F)(F)F)c2)C1. The van der Waals surface area contributed by atoms with Crippen LogP contribution in [0.2, 0.25) is 0 Å². The van der Waals surface area contributed by atoms with Gasteiger partial charge in [0.25, 0.3) is 0 Å². The molecule has 0 spiro atoms. The number of carbonyl (C=O) groups is 1. The lowest BCUT2D eigenvalue weighted by Crippen LogP contribution is -2.29. The van der Waals surface area contributed by atoms with Gasteiger partial charge in [0.2, 0.25) is 5.91 Å². The molecule has 0 aliphatic carbocycles. The van der Waals surface area contributed by atoms with E-state index in [0.29, 0.717) is 30.1 Å². The number of nitrogens with zero attached hydrogens (tertiary/aromatic N) is 1. The molecule has 126 valence electrons. The molecule has 2 rings (SSSR count). The first-order valence-corrected chi connectivity index (χ1v) is 7.60. The normalized spacial score (nSPS) is 19.3. The van der Waals surface area contributed by atoms with Gasteiger partial charge in [0, 0.05) is 19.2 Å². The fourth-order valence-electron chi connectivity index (χ4n) is 2.79. The number of hydrogen-bond donors (Lipinski definition) is 1. The Hall–Kier alpha value is -1.82. The number of amides is 1. The second kappa shape index (κ2) is 7.17. The molecule has 0 aromatic heterocycles. The Balaban J connectivity index is 2.09. The van der Waals surface area contributed by atoms with Crippen molar-refractivity contribution < 1.29 is 18.0 Å². The Kier molecular flexibility index (Phi) is 5.46. The molecule has 1 unspecified atom stereocenters. The van der Waals surface area contributed by atoms with Crippen LogP contribution in [0.3, 0.4) is 0 Å². The fourth-order valence-corrected chi connectivity index (χ4v) is 2.79. The molecular weight excluding hydrogens is 305 g/mol. The highest BCUT2D eigenvalue weighted by atomic mass is 19.4. The fraction of sp³-hybridized carbons (Fsp3) is 0.471. The topological polar surface area (TPSA) is 32.3 Å². The average Bonchev–Trinajstić information content (AvgIpc) is 2.95. The average molecular weight is 326 g/mol. The highest BCUT2D eigenvalue weighted by Crippen LogP contribution is 2.31. The summed E-state index contributed by atoms with van der Waals surface area (Å²) in [6.45, 7) is 3.90. The number of alkyl halides is 3. The maximum Gasteiger partial charge on any atom is 0.416 e. The molecular formula is C17H21F3N2O. The Bertz CT molecular complexity index is 596. The summed E-state index contributed by atoms with van der Waals surface area (Å²) in [4.78, 5) is 14.0. The quantitative estimate of drug-likeness (QED) is 0.862. The zero-order valence-corrected chi connectivity index (χ0v) is 13.3. The lowest BCUT2D eigenvalue weighted by molar-refractivity contribution is -0.137. The molecule has 3 nitrogen and oxygen atoms in total. The molecule has 1 aliphatic rings. The number of benzene rings is 1. The van der Waals surface area contributed by atoms with Crippen LogP contribution in [0.25, 0.3) is 5.57 Å². The predicted molar refractivity (Wildman–Crippen MR) is 83.7 cm³/mol. The molecule has 23 heavy (non-hydrogen) atoms. The first-order valence-electron chi connectivity index (χ1n) is 7.60. The van der Waals surface area contributed by atoms with Crippen molar-refractivity contribution in [2.45, 2.75) is 19.5 Å². The molecule has 1 N–H and O–H groups in total. The Morgan fingerprint density at radius 1 is 1.43 bits per heavy atom. The van der Waals surface area contributed by atoms with Crippen LogP contribution in [0.5, 0.6) is 0 Å². The Morgan fingerprint density at radius 3 is 2.83 bits per heavy atom. The van der Waals surface area contributed by atoms with Gasteiger partial charge in [-0.25, -0.2) is 0 Å². The highest BCUT2D eigenvalue weighted by Gasteiger charge is 2.30. The number of likely N-dealkylation sites (tertiary alicyclic amines) is 1. The maximum atomic E-state index is 12.8. The summed E-state index contributed by atoms with van der Waals surface area (Å²) in [5.41, 5.74) is 0.253. The summed E-state index contributed by atoms with van der Waals surface area (Å²) in [6.07, 6.45) is -2.00. The molecule has 1 heterocycles. The summed E-state index contributed by atoms with van der Waals surface area (Å²) in [5.74, 6) is 0.296. The number of halogens is 3. The second-order valence-corrected chi connectivity index (χ2v) is 5.90. The minimum Gasteiger partial charge on any atom is -0.339 e. The summed E-state index contributed by atoms with van der Waals surface area (Å²) >= 11 is 0. The van der Waals surface area contributed by atoms with Crippen molar-refractivity contribution in [3.05, 3.63) is 41.5 Å². The van der Waals surface area contributed by atoms with Crippen LogP contribution in [0.15, 0.2) is 30.3 Å². The predicted octanol–water partition coefficient (Wildman–Crippen LogP) is 3.18.